The van der Waals surface area contributed by atoms with Crippen LogP contribution in [-0.4, -0.2) is 37.3 Å². The fourth-order valence-corrected chi connectivity index (χ4v) is 2.36. The van der Waals surface area contributed by atoms with Gasteiger partial charge in [0.25, 0.3) is 0 Å². The van der Waals surface area contributed by atoms with Gasteiger partial charge in [-0.05, 0) is 60.8 Å². The molecule has 2 N–H and O–H groups in total. The van der Waals surface area contributed by atoms with Crippen molar-refractivity contribution in [3.63, 3.8) is 0 Å². The summed E-state index contributed by atoms with van der Waals surface area (Å²) < 4.78 is 12.1. The third-order valence-corrected chi connectivity index (χ3v) is 3.40. The Kier molecular flexibility index (Phi) is 8.98. The summed E-state index contributed by atoms with van der Waals surface area (Å²) >= 11 is 3.45. The zero-order valence-electron chi connectivity index (χ0n) is 14.9. The van der Waals surface area contributed by atoms with E-state index in [2.05, 4.69) is 31.8 Å². The summed E-state index contributed by atoms with van der Waals surface area (Å²) in [5.41, 5.74) is 2.87. The largest absolute Gasteiger partial charge is 0.490 e. The maximum absolute atomic E-state index is 11.6. The average Bonchev–Trinajstić information content (AvgIpc) is 2.55. The van der Waals surface area contributed by atoms with E-state index in [0.29, 0.717) is 34.7 Å². The third-order valence-electron chi connectivity index (χ3n) is 2.81. The predicted molar refractivity (Wildman–Crippen MR) is 100 cm³/mol. The number of hydrogen-bond donors (Lipinski definition) is 2. The number of nitrogens with one attached hydrogen (secondary N) is 2. The van der Waals surface area contributed by atoms with Gasteiger partial charge in [0.05, 0.1) is 23.4 Å². The van der Waals surface area contributed by atoms with Gasteiger partial charge in [0, 0.05) is 6.54 Å². The minimum absolute atomic E-state index is 0.00376. The van der Waals surface area contributed by atoms with E-state index in [9.17, 15) is 9.59 Å². The van der Waals surface area contributed by atoms with Crippen molar-refractivity contribution in [3.8, 4) is 11.5 Å². The monoisotopic (exact) mass is 413 g/mol. The van der Waals surface area contributed by atoms with Crippen molar-refractivity contribution in [1.29, 1.82) is 0 Å². The Labute approximate surface area is 156 Å². The summed E-state index contributed by atoms with van der Waals surface area (Å²) in [6.45, 7) is 8.56. The van der Waals surface area contributed by atoms with Gasteiger partial charge in [0.2, 0.25) is 0 Å². The van der Waals surface area contributed by atoms with Crippen LogP contribution < -0.4 is 20.2 Å². The van der Waals surface area contributed by atoms with Crippen molar-refractivity contribution in [2.45, 2.75) is 40.2 Å². The summed E-state index contributed by atoms with van der Waals surface area (Å²) in [5.74, 6) is -0.347. The Balaban J connectivity index is 2.84. The molecule has 0 unspecified atom stereocenters. The van der Waals surface area contributed by atoms with E-state index in [4.69, 9.17) is 9.47 Å². The lowest BCUT2D eigenvalue weighted by Crippen LogP contribution is -2.38. The van der Waals surface area contributed by atoms with Crippen molar-refractivity contribution < 1.29 is 19.1 Å². The number of carbonyl (C=O) groups excluding carboxylic acids is 2. The lowest BCUT2D eigenvalue weighted by Gasteiger charge is -2.16. The Morgan fingerprint density at radius 2 is 2.00 bits per heavy atom. The number of rotatable bonds is 8. The van der Waals surface area contributed by atoms with Crippen molar-refractivity contribution in [2.75, 3.05) is 13.2 Å². The Hall–Kier alpha value is -2.09. The van der Waals surface area contributed by atoms with Crippen molar-refractivity contribution >= 4 is 34.0 Å². The van der Waals surface area contributed by atoms with Crippen LogP contribution in [0, 0.1) is 0 Å². The number of nitrogens with zero attached hydrogens (tertiary/aromatic N) is 1. The zero-order valence-corrected chi connectivity index (χ0v) is 16.5. The van der Waals surface area contributed by atoms with Gasteiger partial charge < -0.3 is 14.8 Å². The van der Waals surface area contributed by atoms with Gasteiger partial charge in [0.1, 0.15) is 0 Å². The number of ether oxygens (including phenoxy) is 2. The summed E-state index contributed by atoms with van der Waals surface area (Å²) in [6, 6.07) is 3.53. The van der Waals surface area contributed by atoms with E-state index in [0.717, 1.165) is 6.42 Å². The van der Waals surface area contributed by atoms with Crippen LogP contribution in [0.2, 0.25) is 0 Å². The molecule has 0 heterocycles. The molecular weight excluding hydrogens is 390 g/mol. The van der Waals surface area contributed by atoms with Crippen molar-refractivity contribution in [2.24, 2.45) is 5.10 Å². The second kappa shape index (κ2) is 10.7. The molecule has 1 aromatic carbocycles. The highest BCUT2D eigenvalue weighted by atomic mass is 79.9. The first-order valence-electron chi connectivity index (χ1n) is 8.13. The second-order valence-electron chi connectivity index (χ2n) is 5.38. The highest BCUT2D eigenvalue weighted by Crippen LogP contribution is 2.37. The SMILES string of the molecule is CCCNC(=O)C(=O)N/N=C\c1cc(Br)c(OC(C)C)c(OCC)c1. The maximum Gasteiger partial charge on any atom is 0.329 e. The quantitative estimate of drug-likeness (QED) is 0.389. The van der Waals surface area contributed by atoms with Gasteiger partial charge in [-0.3, -0.25) is 9.59 Å². The van der Waals surface area contributed by atoms with Gasteiger partial charge in [0.15, 0.2) is 11.5 Å². The number of hydrazone groups is 1. The van der Waals surface area contributed by atoms with E-state index < -0.39 is 11.8 Å². The summed E-state index contributed by atoms with van der Waals surface area (Å²) in [6.07, 6.45) is 2.18. The Morgan fingerprint density at radius 3 is 2.60 bits per heavy atom. The molecule has 138 valence electrons. The van der Waals surface area contributed by atoms with E-state index >= 15 is 0 Å². The maximum atomic E-state index is 11.6. The first kappa shape index (κ1) is 21.0. The number of amides is 2. The highest BCUT2D eigenvalue weighted by molar-refractivity contribution is 9.10. The average molecular weight is 414 g/mol. The molecule has 0 saturated carbocycles. The smallest absolute Gasteiger partial charge is 0.329 e. The number of carbonyl (C=O) groups is 2. The first-order valence-corrected chi connectivity index (χ1v) is 8.92. The number of hydrogen-bond acceptors (Lipinski definition) is 5. The van der Waals surface area contributed by atoms with Crippen molar-refractivity contribution in [1.82, 2.24) is 10.7 Å². The van der Waals surface area contributed by atoms with Crippen LogP contribution in [0.25, 0.3) is 0 Å². The molecule has 0 aliphatic carbocycles. The van der Waals surface area contributed by atoms with Gasteiger partial charge in [-0.1, -0.05) is 6.92 Å². The predicted octanol–water partition coefficient (Wildman–Crippen LogP) is 2.61. The molecule has 25 heavy (non-hydrogen) atoms. The van der Waals surface area contributed by atoms with E-state index in [-0.39, 0.29) is 6.10 Å². The van der Waals surface area contributed by atoms with E-state index in [1.165, 1.54) is 6.21 Å². The molecule has 7 nitrogen and oxygen atoms in total. The molecule has 0 aliphatic rings. The van der Waals surface area contributed by atoms with Gasteiger partial charge in [-0.25, -0.2) is 5.43 Å². The van der Waals surface area contributed by atoms with Gasteiger partial charge >= 0.3 is 11.8 Å². The number of halogens is 1. The molecule has 8 heteroatoms. The molecule has 0 fully saturated rings. The second-order valence-corrected chi connectivity index (χ2v) is 6.24. The summed E-state index contributed by atoms with van der Waals surface area (Å²) in [4.78, 5) is 23.0. The van der Waals surface area contributed by atoms with E-state index in [1.54, 1.807) is 12.1 Å². The molecule has 0 aliphatic heterocycles. The van der Waals surface area contributed by atoms with Gasteiger partial charge in [-0.2, -0.15) is 5.10 Å². The molecule has 1 aromatic rings. The fourth-order valence-electron chi connectivity index (χ4n) is 1.81. The van der Waals surface area contributed by atoms with Crippen LogP contribution in [0.1, 0.15) is 39.7 Å². The molecule has 0 atom stereocenters. The summed E-state index contributed by atoms with van der Waals surface area (Å²) in [7, 11) is 0. The summed E-state index contributed by atoms with van der Waals surface area (Å²) in [5, 5.41) is 6.27. The van der Waals surface area contributed by atoms with Crippen LogP contribution in [0.3, 0.4) is 0 Å². The molecular formula is C17H24BrN3O4. The zero-order chi connectivity index (χ0) is 18.8. The minimum atomic E-state index is -0.812. The molecule has 0 aromatic heterocycles. The van der Waals surface area contributed by atoms with Crippen LogP contribution in [-0.2, 0) is 9.59 Å². The molecule has 1 rings (SSSR count). The molecule has 0 spiro atoms. The Morgan fingerprint density at radius 1 is 1.28 bits per heavy atom. The van der Waals surface area contributed by atoms with Crippen LogP contribution in [0.5, 0.6) is 11.5 Å². The molecule has 0 bridgehead atoms. The minimum Gasteiger partial charge on any atom is -0.490 e. The highest BCUT2D eigenvalue weighted by Gasteiger charge is 2.14. The third kappa shape index (κ3) is 7.13. The number of benzene rings is 1. The first-order chi connectivity index (χ1) is 11.9. The standard InChI is InChI=1S/C17H24BrN3O4/c1-5-7-19-16(22)17(23)21-20-10-12-8-13(18)15(25-11(3)4)14(9-12)24-6-2/h8-11H,5-7H2,1-4H3,(H,19,22)(H,21,23)/b20-10-. The lowest BCUT2D eigenvalue weighted by atomic mass is 10.2. The van der Waals surface area contributed by atoms with Crippen LogP contribution >= 0.6 is 15.9 Å². The van der Waals surface area contributed by atoms with Crippen LogP contribution in [0.15, 0.2) is 21.7 Å². The fraction of sp³-hybridized carbons (Fsp3) is 0.471. The van der Waals surface area contributed by atoms with Crippen LogP contribution in [0.4, 0.5) is 0 Å². The van der Waals surface area contributed by atoms with Gasteiger partial charge in [-0.15, -0.1) is 0 Å². The molecule has 0 radical (unpaired) electrons. The lowest BCUT2D eigenvalue weighted by molar-refractivity contribution is -0.139. The topological polar surface area (TPSA) is 89.0 Å². The molecule has 0 saturated heterocycles. The normalized spacial score (nSPS) is 10.8. The van der Waals surface area contributed by atoms with Crippen molar-refractivity contribution in [3.05, 3.63) is 22.2 Å². The Bertz CT molecular complexity index is 633. The van der Waals surface area contributed by atoms with E-state index in [1.807, 2.05) is 27.7 Å². The molecule has 2 amide bonds.